The van der Waals surface area contributed by atoms with E-state index in [-0.39, 0.29) is 18.2 Å². The summed E-state index contributed by atoms with van der Waals surface area (Å²) in [7, 11) is 0. The molecule has 0 spiro atoms. The Morgan fingerprint density at radius 3 is 2.27 bits per heavy atom. The number of hydrogen-bond acceptors (Lipinski definition) is 5. The van der Waals surface area contributed by atoms with Gasteiger partial charge in [-0.2, -0.15) is 0 Å². The Hall–Kier alpha value is -3.42. The van der Waals surface area contributed by atoms with Crippen LogP contribution in [0.5, 0.6) is 0 Å². The van der Waals surface area contributed by atoms with Crippen molar-refractivity contribution in [3.8, 4) is 22.6 Å². The third kappa shape index (κ3) is 6.54. The first-order valence-electron chi connectivity index (χ1n) is 10.7. The zero-order valence-corrected chi connectivity index (χ0v) is 18.5. The molecule has 0 amide bonds. The summed E-state index contributed by atoms with van der Waals surface area (Å²) in [6, 6.07) is 15.5. The monoisotopic (exact) mass is 450 g/mol. The van der Waals surface area contributed by atoms with Crippen molar-refractivity contribution in [2.45, 2.75) is 44.8 Å². The number of benzene rings is 2. The molecule has 33 heavy (non-hydrogen) atoms. The number of carbonyl (C=O) groups is 1. The van der Waals surface area contributed by atoms with E-state index in [1.165, 1.54) is 18.2 Å². The fraction of sp³-hybridized carbons (Fsp3) is 0.269. The number of aromatic nitrogens is 2. The molecule has 0 saturated carbocycles. The molecule has 0 saturated heterocycles. The van der Waals surface area contributed by atoms with Crippen LogP contribution in [-0.2, 0) is 4.79 Å². The Morgan fingerprint density at radius 1 is 1.00 bits per heavy atom. The van der Waals surface area contributed by atoms with Crippen molar-refractivity contribution in [3.05, 3.63) is 77.7 Å². The summed E-state index contributed by atoms with van der Waals surface area (Å²) in [6.45, 7) is 3.99. The van der Waals surface area contributed by atoms with Crippen LogP contribution in [0.15, 0.2) is 60.7 Å². The molecule has 1 aromatic heterocycles. The lowest BCUT2D eigenvalue weighted by Gasteiger charge is -2.17. The van der Waals surface area contributed by atoms with Crippen LogP contribution in [0.3, 0.4) is 0 Å². The van der Waals surface area contributed by atoms with Crippen LogP contribution in [0.2, 0.25) is 0 Å². The molecule has 3 rings (SSSR count). The summed E-state index contributed by atoms with van der Waals surface area (Å²) in [6.07, 6.45) is 0.382. The van der Waals surface area contributed by atoms with Crippen molar-refractivity contribution in [1.82, 2.24) is 9.97 Å². The van der Waals surface area contributed by atoms with Gasteiger partial charge in [-0.15, -0.1) is 0 Å². The van der Waals surface area contributed by atoms with Crippen molar-refractivity contribution in [1.29, 1.82) is 0 Å². The summed E-state index contributed by atoms with van der Waals surface area (Å²) in [4.78, 5) is 20.3. The molecule has 0 aliphatic rings. The third-order valence-electron chi connectivity index (χ3n) is 5.08. The Kier molecular flexibility index (Phi) is 8.03. The second-order valence-corrected chi connectivity index (χ2v) is 8.14. The number of aliphatic hydroxyl groups excluding tert-OH is 2. The first kappa shape index (κ1) is 24.2. The van der Waals surface area contributed by atoms with Crippen molar-refractivity contribution >= 4 is 12.0 Å². The SMILES string of the molecule is CC(C)c1nc(-c2ccccc2)nc(-c2ccc(F)cc2)c1C=C[C@@H](O)C[C@@H](O)CC(=O)O. The van der Waals surface area contributed by atoms with E-state index < -0.39 is 24.6 Å². The lowest BCUT2D eigenvalue weighted by atomic mass is 9.96. The van der Waals surface area contributed by atoms with Crippen LogP contribution in [0, 0.1) is 5.82 Å². The highest BCUT2D eigenvalue weighted by Crippen LogP contribution is 2.32. The van der Waals surface area contributed by atoms with Gasteiger partial charge in [0.25, 0.3) is 0 Å². The summed E-state index contributed by atoms with van der Waals surface area (Å²) >= 11 is 0. The molecule has 3 aromatic rings. The quantitative estimate of drug-likeness (QED) is 0.438. The molecule has 6 nitrogen and oxygen atoms in total. The second kappa shape index (κ2) is 10.9. The largest absolute Gasteiger partial charge is 0.481 e. The number of hydrogen-bond donors (Lipinski definition) is 3. The van der Waals surface area contributed by atoms with Gasteiger partial charge in [0.05, 0.1) is 30.0 Å². The number of nitrogens with zero attached hydrogens (tertiary/aromatic N) is 2. The first-order chi connectivity index (χ1) is 15.7. The van der Waals surface area contributed by atoms with Crippen molar-refractivity contribution in [2.24, 2.45) is 0 Å². The van der Waals surface area contributed by atoms with Crippen molar-refractivity contribution < 1.29 is 24.5 Å². The Bertz CT molecular complexity index is 1120. The molecule has 2 aromatic carbocycles. The highest BCUT2D eigenvalue weighted by Gasteiger charge is 2.19. The molecule has 0 unspecified atom stereocenters. The molecule has 172 valence electrons. The summed E-state index contributed by atoms with van der Waals surface area (Å²) in [5.74, 6) is -0.943. The fourth-order valence-electron chi connectivity index (χ4n) is 3.48. The number of carboxylic acid groups (broad SMARTS) is 1. The number of aliphatic hydroxyl groups is 2. The van der Waals surface area contributed by atoms with E-state index in [2.05, 4.69) is 0 Å². The number of carboxylic acids is 1. The number of halogens is 1. The van der Waals surface area contributed by atoms with Gasteiger partial charge in [0, 0.05) is 23.1 Å². The molecular formula is C26H27FN2O4. The van der Waals surface area contributed by atoms with Gasteiger partial charge in [-0.05, 0) is 30.2 Å². The summed E-state index contributed by atoms with van der Waals surface area (Å²) < 4.78 is 13.6. The van der Waals surface area contributed by atoms with Gasteiger partial charge in [-0.25, -0.2) is 14.4 Å². The summed E-state index contributed by atoms with van der Waals surface area (Å²) in [5, 5.41) is 28.9. The second-order valence-electron chi connectivity index (χ2n) is 8.14. The van der Waals surface area contributed by atoms with E-state index in [9.17, 15) is 19.4 Å². The average molecular weight is 451 g/mol. The first-order valence-corrected chi connectivity index (χ1v) is 10.7. The molecule has 0 radical (unpaired) electrons. The predicted octanol–water partition coefficient (Wildman–Crippen LogP) is 4.67. The zero-order chi connectivity index (χ0) is 24.0. The van der Waals surface area contributed by atoms with Crippen LogP contribution in [0.25, 0.3) is 28.7 Å². The Morgan fingerprint density at radius 2 is 1.67 bits per heavy atom. The van der Waals surface area contributed by atoms with Crippen LogP contribution in [-0.4, -0.2) is 43.5 Å². The van der Waals surface area contributed by atoms with Gasteiger partial charge in [-0.1, -0.05) is 56.3 Å². The summed E-state index contributed by atoms with van der Waals surface area (Å²) in [5.41, 5.74) is 3.54. The van der Waals surface area contributed by atoms with Gasteiger partial charge >= 0.3 is 5.97 Å². The standard InChI is InChI=1S/C26H27FN2O4/c1-16(2)24-22(13-12-20(30)14-21(31)15-23(32)33)25(17-8-10-19(27)11-9-17)29-26(28-24)18-6-4-3-5-7-18/h3-13,16,20-21,30-31H,14-15H2,1-2H3,(H,32,33)/t20-,21-/m1/s1. The van der Waals surface area contributed by atoms with Gasteiger partial charge in [-0.3, -0.25) is 4.79 Å². The van der Waals surface area contributed by atoms with Crippen LogP contribution < -0.4 is 0 Å². The maximum atomic E-state index is 13.6. The minimum absolute atomic E-state index is 0.0176. The topological polar surface area (TPSA) is 104 Å². The highest BCUT2D eigenvalue weighted by molar-refractivity contribution is 5.76. The Balaban J connectivity index is 2.08. The molecule has 7 heteroatoms. The van der Waals surface area contributed by atoms with Crippen LogP contribution in [0.1, 0.15) is 43.9 Å². The molecule has 0 fully saturated rings. The molecule has 3 N–H and O–H groups in total. The van der Waals surface area contributed by atoms with Crippen molar-refractivity contribution in [2.75, 3.05) is 0 Å². The van der Waals surface area contributed by atoms with Crippen molar-refractivity contribution in [3.63, 3.8) is 0 Å². The van der Waals surface area contributed by atoms with E-state index >= 15 is 0 Å². The smallest absolute Gasteiger partial charge is 0.305 e. The van der Waals surface area contributed by atoms with Crippen LogP contribution in [0.4, 0.5) is 4.39 Å². The van der Waals surface area contributed by atoms with Gasteiger partial charge in [0.2, 0.25) is 0 Å². The minimum Gasteiger partial charge on any atom is -0.481 e. The third-order valence-corrected chi connectivity index (χ3v) is 5.08. The Labute approximate surface area is 192 Å². The molecule has 2 atom stereocenters. The van der Waals surface area contributed by atoms with E-state index in [1.807, 2.05) is 44.2 Å². The minimum atomic E-state index is -1.17. The average Bonchev–Trinajstić information content (AvgIpc) is 2.77. The maximum Gasteiger partial charge on any atom is 0.305 e. The number of aliphatic carboxylic acids is 1. The molecule has 0 bridgehead atoms. The molecule has 0 aliphatic heterocycles. The predicted molar refractivity (Wildman–Crippen MR) is 125 cm³/mol. The normalized spacial score (nSPS) is 13.4. The number of rotatable bonds is 9. The fourth-order valence-corrected chi connectivity index (χ4v) is 3.48. The lowest BCUT2D eigenvalue weighted by molar-refractivity contribution is -0.139. The zero-order valence-electron chi connectivity index (χ0n) is 18.5. The lowest BCUT2D eigenvalue weighted by Crippen LogP contribution is -2.19. The molecule has 1 heterocycles. The molecular weight excluding hydrogens is 423 g/mol. The van der Waals surface area contributed by atoms with E-state index in [4.69, 9.17) is 15.1 Å². The van der Waals surface area contributed by atoms with Crippen LogP contribution >= 0.6 is 0 Å². The van der Waals surface area contributed by atoms with Gasteiger partial charge in [0.15, 0.2) is 5.82 Å². The van der Waals surface area contributed by atoms with E-state index in [1.54, 1.807) is 18.2 Å². The maximum absolute atomic E-state index is 13.6. The van der Waals surface area contributed by atoms with E-state index in [0.717, 1.165) is 11.3 Å². The highest BCUT2D eigenvalue weighted by atomic mass is 19.1. The van der Waals surface area contributed by atoms with Gasteiger partial charge in [0.1, 0.15) is 5.82 Å². The van der Waals surface area contributed by atoms with Gasteiger partial charge < -0.3 is 15.3 Å². The van der Waals surface area contributed by atoms with E-state index in [0.29, 0.717) is 22.6 Å². The molecule has 0 aliphatic carbocycles.